The van der Waals surface area contributed by atoms with Crippen LogP contribution in [0, 0.1) is 5.82 Å². The number of nitrogens with one attached hydrogen (secondary N) is 1. The predicted molar refractivity (Wildman–Crippen MR) is 172 cm³/mol. The van der Waals surface area contributed by atoms with Crippen molar-refractivity contribution in [3.8, 4) is 22.7 Å². The molecule has 2 atom stereocenters. The second kappa shape index (κ2) is 11.5. The summed E-state index contributed by atoms with van der Waals surface area (Å²) in [6, 6.07) is 6.37. The minimum absolute atomic E-state index is 0.0134. The van der Waals surface area contributed by atoms with Gasteiger partial charge in [0.2, 0.25) is 5.91 Å². The Bertz CT molecular complexity index is 1950. The van der Waals surface area contributed by atoms with E-state index in [9.17, 15) is 19.5 Å². The van der Waals surface area contributed by atoms with Gasteiger partial charge in [0, 0.05) is 29.1 Å². The van der Waals surface area contributed by atoms with E-state index in [0.29, 0.717) is 22.5 Å². The van der Waals surface area contributed by atoms with E-state index in [-0.39, 0.29) is 52.4 Å². The summed E-state index contributed by atoms with van der Waals surface area (Å²) in [5.41, 5.74) is 1.18. The molecule has 1 saturated heterocycles. The molecule has 6 rings (SSSR count). The number of carbonyl (C=O) groups is 2. The van der Waals surface area contributed by atoms with Gasteiger partial charge < -0.3 is 25.0 Å². The number of methoxy groups -OCH3 is 1. The molecule has 0 radical (unpaired) electrons. The van der Waals surface area contributed by atoms with E-state index in [4.69, 9.17) is 21.3 Å². The molecule has 0 bridgehead atoms. The lowest BCUT2D eigenvalue weighted by Gasteiger charge is -2.47. The number of hydrogen-bond acceptors (Lipinski definition) is 8. The van der Waals surface area contributed by atoms with Crippen molar-refractivity contribution >= 4 is 57.8 Å². The zero-order chi connectivity index (χ0) is 32.3. The Hall–Kier alpha value is -4.36. The number of benzene rings is 1. The Morgan fingerprint density at radius 3 is 2.64 bits per heavy atom. The maximum absolute atomic E-state index is 15.4. The number of nitrogens with zero attached hydrogens (tertiary/aromatic N) is 5. The van der Waals surface area contributed by atoms with Crippen molar-refractivity contribution in [3.05, 3.63) is 63.4 Å². The lowest BCUT2D eigenvalue weighted by Crippen LogP contribution is -2.64. The van der Waals surface area contributed by atoms with Gasteiger partial charge in [-0.25, -0.2) is 14.2 Å². The van der Waals surface area contributed by atoms with Crippen molar-refractivity contribution in [1.29, 1.82) is 0 Å². The van der Waals surface area contributed by atoms with E-state index in [0.717, 1.165) is 4.90 Å². The number of rotatable bonds is 5. The van der Waals surface area contributed by atoms with E-state index in [1.54, 1.807) is 36.2 Å². The van der Waals surface area contributed by atoms with Gasteiger partial charge in [-0.1, -0.05) is 31.5 Å². The first-order chi connectivity index (χ1) is 21.5. The Balaban J connectivity index is 1.76. The summed E-state index contributed by atoms with van der Waals surface area (Å²) < 4.78 is 22.3. The van der Waals surface area contributed by atoms with E-state index in [2.05, 4.69) is 10.3 Å². The minimum atomic E-state index is -1.14. The minimum Gasteiger partial charge on any atom is -0.496 e. The fourth-order valence-electron chi connectivity index (χ4n) is 6.15. The van der Waals surface area contributed by atoms with Crippen LogP contribution >= 0.6 is 23.4 Å². The lowest BCUT2D eigenvalue weighted by molar-refractivity contribution is -0.118. The van der Waals surface area contributed by atoms with Crippen LogP contribution in [0.25, 0.3) is 28.0 Å². The van der Waals surface area contributed by atoms with Crippen LogP contribution < -0.4 is 20.5 Å². The molecule has 2 amide bonds. The van der Waals surface area contributed by atoms with Gasteiger partial charge in [-0.05, 0) is 43.4 Å². The average molecular weight is 653 g/mol. The average Bonchev–Trinajstić information content (AvgIpc) is 3.00. The number of carboxylic acid groups (broad SMARTS) is 1. The van der Waals surface area contributed by atoms with Crippen LogP contribution in [-0.4, -0.2) is 75.1 Å². The molecule has 2 N–H and O–H groups in total. The molecular formula is C31H30ClFN6O5S. The number of thioether (sulfide) groups is 1. The van der Waals surface area contributed by atoms with E-state index in [1.807, 2.05) is 20.1 Å². The summed E-state index contributed by atoms with van der Waals surface area (Å²) >= 11 is 8.29. The number of fused-ring (bicyclic) bond motifs is 5. The van der Waals surface area contributed by atoms with Crippen molar-refractivity contribution in [2.75, 3.05) is 36.7 Å². The molecule has 2 aliphatic rings. The third-order valence-electron chi connectivity index (χ3n) is 8.24. The van der Waals surface area contributed by atoms with Crippen molar-refractivity contribution in [2.24, 2.45) is 0 Å². The molecule has 0 saturated carbocycles. The largest absolute Gasteiger partial charge is 0.496 e. The zero-order valence-corrected chi connectivity index (χ0v) is 26.7. The van der Waals surface area contributed by atoms with Gasteiger partial charge in [0.25, 0.3) is 5.56 Å². The molecule has 4 aromatic rings. The molecule has 11 nitrogen and oxygen atoms in total. The second-order valence-electron chi connectivity index (χ2n) is 11.2. The quantitative estimate of drug-likeness (QED) is 0.265. The van der Waals surface area contributed by atoms with Crippen LogP contribution in [0.3, 0.4) is 0 Å². The number of aromatic nitrogens is 3. The van der Waals surface area contributed by atoms with Gasteiger partial charge in [0.05, 0.1) is 47.0 Å². The zero-order valence-electron chi connectivity index (χ0n) is 25.1. The number of halogens is 2. The highest BCUT2D eigenvalue weighted by atomic mass is 35.5. The monoisotopic (exact) mass is 652 g/mol. The molecule has 1 fully saturated rings. The fraction of sp³-hybridized carbons (Fsp3) is 0.323. The number of anilines is 2. The van der Waals surface area contributed by atoms with Crippen LogP contribution in [0.2, 0.25) is 5.02 Å². The number of hydrogen-bond donors (Lipinski definition) is 2. The summed E-state index contributed by atoms with van der Waals surface area (Å²) in [6.45, 7) is 5.68. The number of carbonyl (C=O) groups excluding carboxylic acids is 1. The standard InChI is InChI=1S/C31H30ClFN6O5S/c1-14(2)23-27(21(45-5)9-10-34-23)39-28-16(11-17(32)24(35-28)22-18(33)7-6-8-20(22)44-4)26-25(30(39)41)36-29(40)19-13-37(31(42)43)15(3)12-38(19)26/h6-11,14-15,19H,12-13H2,1-5H3,(H,36,40)(H,42,43)/t15-,19-/m1/s1. The fourth-order valence-corrected chi connectivity index (χ4v) is 6.98. The first-order valence-corrected chi connectivity index (χ1v) is 15.8. The van der Waals surface area contributed by atoms with Gasteiger partial charge >= 0.3 is 6.09 Å². The summed E-state index contributed by atoms with van der Waals surface area (Å²) in [4.78, 5) is 53.3. The van der Waals surface area contributed by atoms with Gasteiger partial charge in [-0.2, -0.15) is 0 Å². The van der Waals surface area contributed by atoms with Crippen molar-refractivity contribution < 1.29 is 23.8 Å². The highest BCUT2D eigenvalue weighted by molar-refractivity contribution is 7.98. The van der Waals surface area contributed by atoms with E-state index in [1.165, 1.54) is 40.5 Å². The highest BCUT2D eigenvalue weighted by Gasteiger charge is 2.44. The first kappa shape index (κ1) is 30.7. The Labute approximate surface area is 267 Å². The third-order valence-corrected chi connectivity index (χ3v) is 9.29. The SMILES string of the molecule is COc1cccc(F)c1-c1nc2c(cc1Cl)c1c(c(=O)n2-c2c(SC)ccnc2C(C)C)NC(=O)[C@H]2CN(C(=O)O)[C@H](C)CN12. The summed E-state index contributed by atoms with van der Waals surface area (Å²) in [6.07, 6.45) is 2.41. The molecule has 2 aliphatic heterocycles. The van der Waals surface area contributed by atoms with Crippen LogP contribution in [0.4, 0.5) is 20.6 Å². The second-order valence-corrected chi connectivity index (χ2v) is 12.5. The highest BCUT2D eigenvalue weighted by Crippen LogP contribution is 2.44. The molecule has 0 unspecified atom stereocenters. The van der Waals surface area contributed by atoms with Crippen LogP contribution in [0.15, 0.2) is 46.2 Å². The summed E-state index contributed by atoms with van der Waals surface area (Å²) in [7, 11) is 1.41. The maximum Gasteiger partial charge on any atom is 0.407 e. The smallest absolute Gasteiger partial charge is 0.407 e. The van der Waals surface area contributed by atoms with E-state index < -0.39 is 35.5 Å². The van der Waals surface area contributed by atoms with Gasteiger partial charge in [0.15, 0.2) is 5.65 Å². The molecule has 0 spiro atoms. The van der Waals surface area contributed by atoms with Gasteiger partial charge in [0.1, 0.15) is 23.3 Å². The molecule has 1 aromatic carbocycles. The molecule has 3 aromatic heterocycles. The summed E-state index contributed by atoms with van der Waals surface area (Å²) in [5.74, 6) is -1.02. The molecule has 234 valence electrons. The number of ether oxygens (including phenoxy) is 1. The number of piperazine rings is 1. The van der Waals surface area contributed by atoms with Gasteiger partial charge in [-0.3, -0.25) is 19.1 Å². The molecule has 5 heterocycles. The van der Waals surface area contributed by atoms with Crippen molar-refractivity contribution in [2.45, 2.75) is 43.7 Å². The normalized spacial score (nSPS) is 17.7. The predicted octanol–water partition coefficient (Wildman–Crippen LogP) is 5.60. The first-order valence-electron chi connectivity index (χ1n) is 14.2. The van der Waals surface area contributed by atoms with Gasteiger partial charge in [-0.15, -0.1) is 11.8 Å². The number of pyridine rings is 3. The van der Waals surface area contributed by atoms with E-state index >= 15 is 4.39 Å². The molecular weight excluding hydrogens is 623 g/mol. The number of amides is 2. The third kappa shape index (κ3) is 4.85. The van der Waals surface area contributed by atoms with Crippen LogP contribution in [0.1, 0.15) is 32.4 Å². The Morgan fingerprint density at radius 1 is 1.22 bits per heavy atom. The topological polar surface area (TPSA) is 130 Å². The maximum atomic E-state index is 15.4. The molecule has 45 heavy (non-hydrogen) atoms. The molecule has 0 aliphatic carbocycles. The van der Waals surface area contributed by atoms with Crippen molar-refractivity contribution in [1.82, 2.24) is 19.4 Å². The Kier molecular flexibility index (Phi) is 7.86. The lowest BCUT2D eigenvalue weighted by atomic mass is 9.99. The summed E-state index contributed by atoms with van der Waals surface area (Å²) in [5, 5.41) is 13.0. The van der Waals surface area contributed by atoms with Crippen LogP contribution in [-0.2, 0) is 4.79 Å². The van der Waals surface area contributed by atoms with Crippen molar-refractivity contribution in [3.63, 3.8) is 0 Å². The molecule has 14 heteroatoms. The Morgan fingerprint density at radius 2 is 1.98 bits per heavy atom. The van der Waals surface area contributed by atoms with Crippen LogP contribution in [0.5, 0.6) is 5.75 Å².